The molecule has 0 saturated heterocycles. The van der Waals surface area contributed by atoms with Gasteiger partial charge in [-0.25, -0.2) is 4.68 Å². The summed E-state index contributed by atoms with van der Waals surface area (Å²) >= 11 is 5.79. The first-order valence-corrected chi connectivity index (χ1v) is 6.42. The van der Waals surface area contributed by atoms with Gasteiger partial charge < -0.3 is 5.73 Å². The van der Waals surface area contributed by atoms with Gasteiger partial charge in [0.15, 0.2) is 5.69 Å². The van der Waals surface area contributed by atoms with Crippen molar-refractivity contribution in [3.63, 3.8) is 0 Å². The zero-order chi connectivity index (χ0) is 15.3. The Morgan fingerprint density at radius 1 is 1.25 bits per heavy atom. The fraction of sp³-hybridized carbons (Fsp3) is 0.308. The predicted octanol–water partition coefficient (Wildman–Crippen LogP) is 4.03. The minimum Gasteiger partial charge on any atom is -0.325 e. The van der Waals surface area contributed by atoms with E-state index in [0.717, 1.165) is 10.7 Å². The number of nitrogens with two attached hydrogens (primary N) is 1. The highest BCUT2D eigenvalue weighted by atomic mass is 35.5. The Kier molecular flexibility index (Phi) is 5.59. The number of nitrogens with zero attached hydrogens (tertiary/aromatic N) is 2. The van der Waals surface area contributed by atoms with Crippen molar-refractivity contribution in [2.24, 2.45) is 5.73 Å². The molecule has 3 nitrogen and oxygen atoms in total. The van der Waals surface area contributed by atoms with Crippen LogP contribution in [0.4, 0.5) is 13.2 Å². The molecule has 0 fully saturated rings. The van der Waals surface area contributed by atoms with Gasteiger partial charge in [0.25, 0.3) is 0 Å². The molecule has 0 radical (unpaired) electrons. The van der Waals surface area contributed by atoms with E-state index in [1.165, 1.54) is 6.07 Å². The fourth-order valence-electron chi connectivity index (χ4n) is 1.54. The van der Waals surface area contributed by atoms with Crippen LogP contribution in [0, 0.1) is 0 Å². The molecule has 0 bridgehead atoms. The second kappa shape index (κ2) is 6.76. The lowest BCUT2D eigenvalue weighted by atomic mass is 10.3. The molecule has 110 valence electrons. The molecule has 0 spiro atoms. The summed E-state index contributed by atoms with van der Waals surface area (Å²) in [5.74, 6) is 0. The van der Waals surface area contributed by atoms with E-state index in [2.05, 4.69) is 5.10 Å². The van der Waals surface area contributed by atoms with Gasteiger partial charge in [0.2, 0.25) is 0 Å². The first kappa shape index (κ1) is 16.5. The maximum Gasteiger partial charge on any atom is 0.435 e. The number of rotatable bonds is 2. The maximum atomic E-state index is 12.6. The largest absolute Gasteiger partial charge is 0.435 e. The molecule has 0 aliphatic heterocycles. The van der Waals surface area contributed by atoms with Gasteiger partial charge in [-0.1, -0.05) is 31.5 Å². The van der Waals surface area contributed by atoms with Gasteiger partial charge in [0.1, 0.15) is 0 Å². The SMILES string of the molecule is CC.NCc1cc(C(F)(F)F)nn1-c1cccc(Cl)c1. The summed E-state index contributed by atoms with van der Waals surface area (Å²) in [5.41, 5.74) is 5.16. The van der Waals surface area contributed by atoms with Crippen LogP contribution in [0.2, 0.25) is 5.02 Å². The van der Waals surface area contributed by atoms with E-state index in [4.69, 9.17) is 17.3 Å². The van der Waals surface area contributed by atoms with Crippen LogP contribution in [-0.2, 0) is 12.7 Å². The molecule has 0 atom stereocenters. The molecule has 2 aromatic rings. The van der Waals surface area contributed by atoms with Crippen LogP contribution < -0.4 is 5.73 Å². The second-order valence-corrected chi connectivity index (χ2v) is 4.05. The Hall–Kier alpha value is -1.53. The number of halogens is 4. The number of benzene rings is 1. The van der Waals surface area contributed by atoms with E-state index in [9.17, 15) is 13.2 Å². The standard InChI is InChI=1S/C11H9ClF3N3.C2H6/c12-7-2-1-3-8(4-7)18-9(6-16)5-10(17-18)11(13,14)15;1-2/h1-5H,6,16H2;1-2H3. The van der Waals surface area contributed by atoms with Crippen molar-refractivity contribution >= 4 is 11.6 Å². The van der Waals surface area contributed by atoms with Crippen LogP contribution in [0.3, 0.4) is 0 Å². The fourth-order valence-corrected chi connectivity index (χ4v) is 1.72. The Morgan fingerprint density at radius 3 is 2.40 bits per heavy atom. The van der Waals surface area contributed by atoms with Gasteiger partial charge in [0.05, 0.1) is 11.4 Å². The van der Waals surface area contributed by atoms with E-state index < -0.39 is 11.9 Å². The average Bonchev–Trinajstić information content (AvgIpc) is 2.85. The lowest BCUT2D eigenvalue weighted by Gasteiger charge is -2.06. The van der Waals surface area contributed by atoms with Crippen molar-refractivity contribution in [1.29, 1.82) is 0 Å². The minimum absolute atomic E-state index is 0.0460. The smallest absolute Gasteiger partial charge is 0.325 e. The van der Waals surface area contributed by atoms with Crippen LogP contribution >= 0.6 is 11.6 Å². The minimum atomic E-state index is -4.49. The van der Waals surface area contributed by atoms with Crippen molar-refractivity contribution in [2.45, 2.75) is 26.6 Å². The van der Waals surface area contributed by atoms with Gasteiger partial charge >= 0.3 is 6.18 Å². The van der Waals surface area contributed by atoms with E-state index in [1.54, 1.807) is 18.2 Å². The molecule has 0 unspecified atom stereocenters. The summed E-state index contributed by atoms with van der Waals surface area (Å²) in [5, 5.41) is 3.93. The highest BCUT2D eigenvalue weighted by Gasteiger charge is 2.34. The number of hydrogen-bond acceptors (Lipinski definition) is 2. The van der Waals surface area contributed by atoms with Gasteiger partial charge in [-0.2, -0.15) is 18.3 Å². The van der Waals surface area contributed by atoms with Crippen LogP contribution in [0.25, 0.3) is 5.69 Å². The lowest BCUT2D eigenvalue weighted by molar-refractivity contribution is -0.141. The molecule has 1 aromatic carbocycles. The average molecular weight is 306 g/mol. The Morgan fingerprint density at radius 2 is 1.90 bits per heavy atom. The number of hydrogen-bond donors (Lipinski definition) is 1. The van der Waals surface area contributed by atoms with E-state index >= 15 is 0 Å². The monoisotopic (exact) mass is 305 g/mol. The summed E-state index contributed by atoms with van der Waals surface area (Å²) in [6.07, 6.45) is -4.49. The van der Waals surface area contributed by atoms with E-state index in [0.29, 0.717) is 10.7 Å². The quantitative estimate of drug-likeness (QED) is 0.910. The topological polar surface area (TPSA) is 43.8 Å². The molecular formula is C13H15ClF3N3. The summed E-state index contributed by atoms with van der Waals surface area (Å²) in [4.78, 5) is 0. The van der Waals surface area contributed by atoms with Gasteiger partial charge in [-0.3, -0.25) is 0 Å². The number of alkyl halides is 3. The summed E-state index contributed by atoms with van der Waals surface area (Å²) in [7, 11) is 0. The Balaban J connectivity index is 0.000000956. The first-order valence-electron chi connectivity index (χ1n) is 6.04. The Labute approximate surface area is 120 Å². The highest BCUT2D eigenvalue weighted by Crippen LogP contribution is 2.29. The third kappa shape index (κ3) is 3.74. The van der Waals surface area contributed by atoms with Crippen LogP contribution in [0.1, 0.15) is 25.2 Å². The lowest BCUT2D eigenvalue weighted by Crippen LogP contribution is -2.08. The highest BCUT2D eigenvalue weighted by molar-refractivity contribution is 6.30. The Bertz CT molecular complexity index is 564. The number of aromatic nitrogens is 2. The van der Waals surface area contributed by atoms with Gasteiger partial charge in [0, 0.05) is 11.6 Å². The van der Waals surface area contributed by atoms with Gasteiger partial charge in [-0.05, 0) is 24.3 Å². The third-order valence-electron chi connectivity index (χ3n) is 2.34. The van der Waals surface area contributed by atoms with Crippen molar-refractivity contribution in [1.82, 2.24) is 9.78 Å². The normalized spacial score (nSPS) is 10.9. The van der Waals surface area contributed by atoms with Crippen LogP contribution in [0.5, 0.6) is 0 Å². The van der Waals surface area contributed by atoms with Crippen molar-refractivity contribution < 1.29 is 13.2 Å². The second-order valence-electron chi connectivity index (χ2n) is 3.61. The molecule has 7 heteroatoms. The molecule has 20 heavy (non-hydrogen) atoms. The molecule has 0 saturated carbocycles. The molecular weight excluding hydrogens is 291 g/mol. The van der Waals surface area contributed by atoms with Gasteiger partial charge in [-0.15, -0.1) is 0 Å². The van der Waals surface area contributed by atoms with E-state index in [1.807, 2.05) is 13.8 Å². The van der Waals surface area contributed by atoms with Crippen LogP contribution in [-0.4, -0.2) is 9.78 Å². The first-order chi connectivity index (χ1) is 9.41. The zero-order valence-electron chi connectivity index (χ0n) is 11.1. The van der Waals surface area contributed by atoms with Crippen LogP contribution in [0.15, 0.2) is 30.3 Å². The van der Waals surface area contributed by atoms with E-state index in [-0.39, 0.29) is 12.2 Å². The van der Waals surface area contributed by atoms with Crippen molar-refractivity contribution in [3.05, 3.63) is 46.7 Å². The molecule has 0 aliphatic carbocycles. The molecule has 2 N–H and O–H groups in total. The maximum absolute atomic E-state index is 12.6. The molecule has 0 aliphatic rings. The molecule has 1 aromatic heterocycles. The summed E-state index contributed by atoms with van der Waals surface area (Å²) < 4.78 is 38.9. The molecule has 1 heterocycles. The third-order valence-corrected chi connectivity index (χ3v) is 2.57. The molecule has 2 rings (SSSR count). The van der Waals surface area contributed by atoms with Crippen molar-refractivity contribution in [2.75, 3.05) is 0 Å². The summed E-state index contributed by atoms with van der Waals surface area (Å²) in [6.45, 7) is 3.95. The van der Waals surface area contributed by atoms with Crippen molar-refractivity contribution in [3.8, 4) is 5.69 Å². The molecule has 0 amide bonds. The zero-order valence-corrected chi connectivity index (χ0v) is 11.8. The summed E-state index contributed by atoms with van der Waals surface area (Å²) in [6, 6.07) is 7.32. The predicted molar refractivity (Wildman–Crippen MR) is 72.8 cm³/mol.